The summed E-state index contributed by atoms with van der Waals surface area (Å²) < 4.78 is 5.45. The smallest absolute Gasteiger partial charge is 0.220 e. The van der Waals surface area contributed by atoms with Crippen LogP contribution in [-0.2, 0) is 16.0 Å². The predicted octanol–water partition coefficient (Wildman–Crippen LogP) is 1.43. The number of para-hydroxylation sites is 1. The van der Waals surface area contributed by atoms with Crippen molar-refractivity contribution >= 4 is 11.6 Å². The molecule has 0 aliphatic carbocycles. The van der Waals surface area contributed by atoms with Gasteiger partial charge in [0, 0.05) is 37.4 Å². The number of nitrogens with zero attached hydrogens (tertiary/aromatic N) is 1. The zero-order valence-electron chi connectivity index (χ0n) is 13.6. The van der Waals surface area contributed by atoms with Crippen LogP contribution in [0, 0.1) is 0 Å². The molecular weight excluding hydrogens is 278 g/mol. The Balaban J connectivity index is 1.83. The van der Waals surface area contributed by atoms with Gasteiger partial charge in [0.05, 0.1) is 0 Å². The largest absolute Gasteiger partial charge is 0.399 e. The van der Waals surface area contributed by atoms with Crippen LogP contribution in [0.1, 0.15) is 24.8 Å². The van der Waals surface area contributed by atoms with Crippen molar-refractivity contribution in [1.82, 2.24) is 10.2 Å². The molecule has 2 rings (SSSR count). The van der Waals surface area contributed by atoms with Gasteiger partial charge in [-0.05, 0) is 45.0 Å². The van der Waals surface area contributed by atoms with Gasteiger partial charge in [0.2, 0.25) is 5.91 Å². The number of nitrogens with two attached hydrogens (primary N) is 1. The molecule has 0 radical (unpaired) electrons. The molecule has 22 heavy (non-hydrogen) atoms. The van der Waals surface area contributed by atoms with E-state index in [1.807, 2.05) is 24.3 Å². The SMILES string of the molecule is CN(C)C1(CNC(=O)CCc2ccccc2N)CCOCC1. The lowest BCUT2D eigenvalue weighted by Gasteiger charge is -2.42. The van der Waals surface area contributed by atoms with Gasteiger partial charge in [-0.2, -0.15) is 0 Å². The van der Waals surface area contributed by atoms with Gasteiger partial charge >= 0.3 is 0 Å². The van der Waals surface area contributed by atoms with Gasteiger partial charge in [0.15, 0.2) is 0 Å². The molecule has 1 fully saturated rings. The number of nitrogens with one attached hydrogen (secondary N) is 1. The summed E-state index contributed by atoms with van der Waals surface area (Å²) in [7, 11) is 4.14. The molecule has 5 nitrogen and oxygen atoms in total. The second-order valence-electron chi connectivity index (χ2n) is 6.21. The van der Waals surface area contributed by atoms with Gasteiger partial charge in [0.25, 0.3) is 0 Å². The van der Waals surface area contributed by atoms with Gasteiger partial charge in [-0.25, -0.2) is 0 Å². The molecule has 1 aromatic carbocycles. The van der Waals surface area contributed by atoms with Crippen LogP contribution in [-0.4, -0.2) is 50.2 Å². The van der Waals surface area contributed by atoms with E-state index in [-0.39, 0.29) is 11.4 Å². The molecule has 0 atom stereocenters. The van der Waals surface area contributed by atoms with Crippen LogP contribution in [0.2, 0.25) is 0 Å². The van der Waals surface area contributed by atoms with Crippen LogP contribution in [0.4, 0.5) is 5.69 Å². The average Bonchev–Trinajstić information content (AvgIpc) is 2.53. The van der Waals surface area contributed by atoms with Crippen molar-refractivity contribution in [3.63, 3.8) is 0 Å². The zero-order valence-corrected chi connectivity index (χ0v) is 13.6. The first-order valence-corrected chi connectivity index (χ1v) is 7.89. The number of aryl methyl sites for hydroxylation is 1. The molecule has 1 saturated heterocycles. The maximum atomic E-state index is 12.1. The van der Waals surface area contributed by atoms with E-state index in [1.165, 1.54) is 0 Å². The number of amides is 1. The fraction of sp³-hybridized carbons (Fsp3) is 0.588. The van der Waals surface area contributed by atoms with Gasteiger partial charge < -0.3 is 20.7 Å². The molecule has 0 saturated carbocycles. The number of benzene rings is 1. The highest BCUT2D eigenvalue weighted by Crippen LogP contribution is 2.25. The lowest BCUT2D eigenvalue weighted by atomic mass is 9.88. The van der Waals surface area contributed by atoms with Gasteiger partial charge in [-0.3, -0.25) is 4.79 Å². The molecule has 1 amide bonds. The summed E-state index contributed by atoms with van der Waals surface area (Å²) in [6.07, 6.45) is 3.04. The molecular formula is C17H27N3O2. The second kappa shape index (κ2) is 7.61. The fourth-order valence-electron chi connectivity index (χ4n) is 2.90. The minimum atomic E-state index is 0.0136. The normalized spacial score (nSPS) is 17.4. The third-order valence-electron chi connectivity index (χ3n) is 4.66. The molecule has 122 valence electrons. The Labute approximate surface area is 132 Å². The van der Waals surface area contributed by atoms with Crippen molar-refractivity contribution in [2.75, 3.05) is 39.6 Å². The van der Waals surface area contributed by atoms with Crippen molar-refractivity contribution in [3.05, 3.63) is 29.8 Å². The van der Waals surface area contributed by atoms with E-state index in [0.717, 1.165) is 37.3 Å². The fourth-order valence-corrected chi connectivity index (χ4v) is 2.90. The Kier molecular flexibility index (Phi) is 5.80. The average molecular weight is 305 g/mol. The first kappa shape index (κ1) is 16.8. The van der Waals surface area contributed by atoms with Gasteiger partial charge in [-0.1, -0.05) is 18.2 Å². The third kappa shape index (κ3) is 4.21. The molecule has 3 N–H and O–H groups in total. The first-order chi connectivity index (χ1) is 10.5. The summed E-state index contributed by atoms with van der Waals surface area (Å²) in [5.74, 6) is 0.0796. The number of rotatable bonds is 6. The highest BCUT2D eigenvalue weighted by Gasteiger charge is 2.34. The van der Waals surface area contributed by atoms with Crippen LogP contribution in [0.3, 0.4) is 0 Å². The van der Waals surface area contributed by atoms with Crippen molar-refractivity contribution in [2.45, 2.75) is 31.2 Å². The number of likely N-dealkylation sites (N-methyl/N-ethyl adjacent to an activating group) is 1. The molecule has 0 aromatic heterocycles. The Morgan fingerprint density at radius 3 is 2.64 bits per heavy atom. The Bertz CT molecular complexity index is 496. The van der Waals surface area contributed by atoms with Crippen molar-refractivity contribution in [3.8, 4) is 0 Å². The summed E-state index contributed by atoms with van der Waals surface area (Å²) in [4.78, 5) is 14.3. The quantitative estimate of drug-likeness (QED) is 0.780. The summed E-state index contributed by atoms with van der Waals surface area (Å²) in [5.41, 5.74) is 7.71. The van der Waals surface area contributed by atoms with Crippen LogP contribution >= 0.6 is 0 Å². The predicted molar refractivity (Wildman–Crippen MR) is 88.7 cm³/mol. The summed E-state index contributed by atoms with van der Waals surface area (Å²) in [6.45, 7) is 2.19. The third-order valence-corrected chi connectivity index (χ3v) is 4.66. The molecule has 1 aliphatic rings. The van der Waals surface area contributed by atoms with E-state index in [0.29, 0.717) is 19.4 Å². The molecule has 0 unspecified atom stereocenters. The number of anilines is 1. The van der Waals surface area contributed by atoms with Crippen LogP contribution < -0.4 is 11.1 Å². The number of hydrogen-bond acceptors (Lipinski definition) is 4. The highest BCUT2D eigenvalue weighted by atomic mass is 16.5. The number of carbonyl (C=O) groups excluding carboxylic acids is 1. The van der Waals surface area contributed by atoms with Crippen LogP contribution in [0.5, 0.6) is 0 Å². The van der Waals surface area contributed by atoms with E-state index in [9.17, 15) is 4.79 Å². The maximum Gasteiger partial charge on any atom is 0.220 e. The molecule has 1 heterocycles. The van der Waals surface area contributed by atoms with E-state index in [1.54, 1.807) is 0 Å². The monoisotopic (exact) mass is 305 g/mol. The highest BCUT2D eigenvalue weighted by molar-refractivity contribution is 5.76. The summed E-state index contributed by atoms with van der Waals surface area (Å²) in [6, 6.07) is 7.70. The van der Waals surface area contributed by atoms with Crippen molar-refractivity contribution in [2.24, 2.45) is 0 Å². The number of ether oxygens (including phenoxy) is 1. The number of carbonyl (C=O) groups is 1. The first-order valence-electron chi connectivity index (χ1n) is 7.89. The molecule has 5 heteroatoms. The number of nitrogen functional groups attached to an aromatic ring is 1. The van der Waals surface area contributed by atoms with Crippen molar-refractivity contribution in [1.29, 1.82) is 0 Å². The van der Waals surface area contributed by atoms with E-state index in [2.05, 4.69) is 24.3 Å². The summed E-state index contributed by atoms with van der Waals surface area (Å²) >= 11 is 0. The van der Waals surface area contributed by atoms with E-state index < -0.39 is 0 Å². The standard InChI is InChI=1S/C17H27N3O2/c1-20(2)17(9-11-22-12-10-17)13-19-16(21)8-7-14-5-3-4-6-15(14)18/h3-6H,7-13,18H2,1-2H3,(H,19,21). The molecule has 0 spiro atoms. The Morgan fingerprint density at radius 2 is 2.00 bits per heavy atom. The Hall–Kier alpha value is -1.59. The van der Waals surface area contributed by atoms with E-state index >= 15 is 0 Å². The van der Waals surface area contributed by atoms with Crippen LogP contribution in [0.15, 0.2) is 24.3 Å². The maximum absolute atomic E-state index is 12.1. The molecule has 1 aliphatic heterocycles. The molecule has 0 bridgehead atoms. The minimum absolute atomic E-state index is 0.0136. The lowest BCUT2D eigenvalue weighted by molar-refractivity contribution is -0.122. The minimum Gasteiger partial charge on any atom is -0.399 e. The topological polar surface area (TPSA) is 67.6 Å². The lowest BCUT2D eigenvalue weighted by Crippen LogP contribution is -2.55. The molecule has 1 aromatic rings. The van der Waals surface area contributed by atoms with Crippen LogP contribution in [0.25, 0.3) is 0 Å². The number of hydrogen-bond donors (Lipinski definition) is 2. The zero-order chi connectivity index (χ0) is 16.0. The van der Waals surface area contributed by atoms with Crippen molar-refractivity contribution < 1.29 is 9.53 Å². The van der Waals surface area contributed by atoms with Gasteiger partial charge in [-0.15, -0.1) is 0 Å². The van der Waals surface area contributed by atoms with E-state index in [4.69, 9.17) is 10.5 Å². The van der Waals surface area contributed by atoms with Gasteiger partial charge in [0.1, 0.15) is 0 Å². The Morgan fingerprint density at radius 1 is 1.32 bits per heavy atom. The second-order valence-corrected chi connectivity index (χ2v) is 6.21. The summed E-state index contributed by atoms with van der Waals surface area (Å²) in [5, 5.41) is 3.09.